The van der Waals surface area contributed by atoms with E-state index in [-0.39, 0.29) is 29.1 Å². The number of hydrogen-bond donors (Lipinski definition) is 2. The van der Waals surface area contributed by atoms with Crippen LogP contribution in [0.15, 0.2) is 36.4 Å². The average molecular weight is 581 g/mol. The van der Waals surface area contributed by atoms with Gasteiger partial charge in [0.05, 0.1) is 23.9 Å². The van der Waals surface area contributed by atoms with Crippen LogP contribution in [0.2, 0.25) is 5.02 Å². The SMILES string of the molecule is COC(=O)c1cc(NC(=O)c2nc3c(s2)CN(C)CC3)c(CCC(=O)Nc2ccc(Cl)cc2)c(C(F)(F)F)c1. The molecule has 0 unspecified atom stereocenters. The van der Waals surface area contributed by atoms with Gasteiger partial charge < -0.3 is 20.3 Å². The number of thiazole rings is 1. The van der Waals surface area contributed by atoms with Crippen LogP contribution in [0.1, 0.15) is 48.3 Å². The second-order valence-corrected chi connectivity index (χ2v) is 10.4. The van der Waals surface area contributed by atoms with Gasteiger partial charge >= 0.3 is 12.1 Å². The highest BCUT2D eigenvalue weighted by Gasteiger charge is 2.36. The van der Waals surface area contributed by atoms with Gasteiger partial charge in [0.25, 0.3) is 5.91 Å². The number of benzene rings is 2. The zero-order valence-corrected chi connectivity index (χ0v) is 22.5. The van der Waals surface area contributed by atoms with Gasteiger partial charge in [-0.1, -0.05) is 11.6 Å². The van der Waals surface area contributed by atoms with Crippen molar-refractivity contribution in [3.8, 4) is 0 Å². The molecule has 0 saturated carbocycles. The second-order valence-electron chi connectivity index (χ2n) is 8.93. The number of anilines is 2. The fourth-order valence-corrected chi connectivity index (χ4v) is 5.34. The van der Waals surface area contributed by atoms with Gasteiger partial charge in [0, 0.05) is 47.2 Å². The third kappa shape index (κ3) is 6.94. The fraction of sp³-hybridized carbons (Fsp3) is 0.308. The van der Waals surface area contributed by atoms with Crippen molar-refractivity contribution in [1.82, 2.24) is 9.88 Å². The van der Waals surface area contributed by atoms with Crippen LogP contribution in [-0.4, -0.2) is 48.4 Å². The van der Waals surface area contributed by atoms with Gasteiger partial charge in [-0.25, -0.2) is 9.78 Å². The molecule has 2 amide bonds. The maximum Gasteiger partial charge on any atom is 0.416 e. The van der Waals surface area contributed by atoms with E-state index in [0.717, 1.165) is 30.3 Å². The number of nitrogens with one attached hydrogen (secondary N) is 2. The standard InChI is InChI=1S/C26H24ClF3N4O4S/c1-34-10-9-19-21(13-34)39-24(33-19)23(36)32-20-12-14(25(37)38-2)11-18(26(28,29)30)17(20)7-8-22(35)31-16-5-3-15(27)4-6-16/h3-6,11-12H,7-10,13H2,1-2H3,(H,31,35)(H,32,36). The molecule has 1 aliphatic heterocycles. The maximum absolute atomic E-state index is 14.1. The molecule has 1 aromatic heterocycles. The molecule has 8 nitrogen and oxygen atoms in total. The van der Waals surface area contributed by atoms with Crippen LogP contribution in [0.4, 0.5) is 24.5 Å². The van der Waals surface area contributed by atoms with Crippen molar-refractivity contribution >= 4 is 52.1 Å². The lowest BCUT2D eigenvalue weighted by atomic mass is 9.96. The van der Waals surface area contributed by atoms with E-state index < -0.39 is 35.1 Å². The Kier molecular flexibility index (Phi) is 8.57. The molecule has 1 aliphatic rings. The summed E-state index contributed by atoms with van der Waals surface area (Å²) in [5.74, 6) is -2.26. The van der Waals surface area contributed by atoms with E-state index in [1.165, 1.54) is 11.3 Å². The minimum atomic E-state index is -4.88. The minimum absolute atomic E-state index is 0.0961. The third-order valence-electron chi connectivity index (χ3n) is 6.07. The van der Waals surface area contributed by atoms with Crippen LogP contribution in [0.5, 0.6) is 0 Å². The predicted octanol–water partition coefficient (Wildman–Crippen LogP) is 5.41. The Labute approximate surface area is 231 Å². The number of rotatable bonds is 7. The number of esters is 1. The molecule has 13 heteroatoms. The van der Waals surface area contributed by atoms with E-state index in [1.54, 1.807) is 24.3 Å². The molecular formula is C26H24ClF3N4O4S. The summed E-state index contributed by atoms with van der Waals surface area (Å²) in [5.41, 5.74) is -0.930. The summed E-state index contributed by atoms with van der Waals surface area (Å²) in [4.78, 5) is 45.2. The molecule has 4 rings (SSSR count). The van der Waals surface area contributed by atoms with E-state index in [4.69, 9.17) is 11.6 Å². The third-order valence-corrected chi connectivity index (χ3v) is 7.40. The van der Waals surface area contributed by atoms with Crippen LogP contribution in [0.3, 0.4) is 0 Å². The summed E-state index contributed by atoms with van der Waals surface area (Å²) in [6.45, 7) is 1.39. The molecule has 0 saturated heterocycles. The van der Waals surface area contributed by atoms with Crippen LogP contribution in [0.25, 0.3) is 0 Å². The van der Waals surface area contributed by atoms with E-state index in [1.807, 2.05) is 7.05 Å². The molecule has 3 aromatic rings. The van der Waals surface area contributed by atoms with Gasteiger partial charge in [-0.2, -0.15) is 13.2 Å². The maximum atomic E-state index is 14.1. The Morgan fingerprint density at radius 1 is 1.15 bits per heavy atom. The van der Waals surface area contributed by atoms with E-state index in [0.29, 0.717) is 29.7 Å². The number of likely N-dealkylation sites (N-methyl/N-ethyl adjacent to an activating group) is 1. The molecule has 39 heavy (non-hydrogen) atoms. The lowest BCUT2D eigenvalue weighted by Gasteiger charge is -2.20. The highest BCUT2D eigenvalue weighted by atomic mass is 35.5. The van der Waals surface area contributed by atoms with Crippen molar-refractivity contribution < 1.29 is 32.3 Å². The largest absolute Gasteiger partial charge is 0.465 e. The number of hydrogen-bond acceptors (Lipinski definition) is 7. The molecule has 2 aromatic carbocycles. The lowest BCUT2D eigenvalue weighted by Crippen LogP contribution is -2.25. The molecule has 0 atom stereocenters. The van der Waals surface area contributed by atoms with Gasteiger partial charge in [0.15, 0.2) is 5.01 Å². The topological polar surface area (TPSA) is 101 Å². The van der Waals surface area contributed by atoms with E-state index >= 15 is 0 Å². The number of carbonyl (C=O) groups is 3. The Bertz CT molecular complexity index is 1410. The van der Waals surface area contributed by atoms with Gasteiger partial charge in [0.2, 0.25) is 5.91 Å². The number of aromatic nitrogens is 1. The number of alkyl halides is 3. The Hall–Kier alpha value is -3.48. The van der Waals surface area contributed by atoms with Crippen molar-refractivity contribution in [2.75, 3.05) is 31.3 Å². The smallest absolute Gasteiger partial charge is 0.416 e. The fourth-order valence-electron chi connectivity index (χ4n) is 4.13. The average Bonchev–Trinajstić information content (AvgIpc) is 3.31. The first-order valence-corrected chi connectivity index (χ1v) is 13.0. The molecule has 0 spiro atoms. The first kappa shape index (κ1) is 28.5. The monoisotopic (exact) mass is 580 g/mol. The molecule has 2 heterocycles. The van der Waals surface area contributed by atoms with Crippen molar-refractivity contribution in [2.24, 2.45) is 0 Å². The van der Waals surface area contributed by atoms with Crippen LogP contribution < -0.4 is 10.6 Å². The number of methoxy groups -OCH3 is 1. The number of amides is 2. The van der Waals surface area contributed by atoms with Gasteiger partial charge in [-0.05, 0) is 55.4 Å². The Morgan fingerprint density at radius 3 is 2.54 bits per heavy atom. The lowest BCUT2D eigenvalue weighted by molar-refractivity contribution is -0.138. The minimum Gasteiger partial charge on any atom is -0.465 e. The molecule has 2 N–H and O–H groups in total. The van der Waals surface area contributed by atoms with Crippen LogP contribution in [-0.2, 0) is 35.1 Å². The van der Waals surface area contributed by atoms with Crippen molar-refractivity contribution in [3.05, 3.63) is 73.7 Å². The Morgan fingerprint density at radius 2 is 1.87 bits per heavy atom. The summed E-state index contributed by atoms with van der Waals surface area (Å²) < 4.78 is 47.1. The Balaban J connectivity index is 1.65. The normalized spacial score (nSPS) is 13.5. The summed E-state index contributed by atoms with van der Waals surface area (Å²) in [6.07, 6.45) is -4.93. The molecule has 0 bridgehead atoms. The molecule has 206 valence electrons. The summed E-state index contributed by atoms with van der Waals surface area (Å²) in [7, 11) is 2.98. The molecular weight excluding hydrogens is 557 g/mol. The first-order chi connectivity index (χ1) is 18.4. The highest BCUT2D eigenvalue weighted by molar-refractivity contribution is 7.13. The summed E-state index contributed by atoms with van der Waals surface area (Å²) in [5, 5.41) is 5.66. The van der Waals surface area contributed by atoms with Crippen molar-refractivity contribution in [3.63, 3.8) is 0 Å². The molecule has 0 aliphatic carbocycles. The summed E-state index contributed by atoms with van der Waals surface area (Å²) >= 11 is 7.01. The van der Waals surface area contributed by atoms with Crippen molar-refractivity contribution in [1.29, 1.82) is 0 Å². The predicted molar refractivity (Wildman–Crippen MR) is 141 cm³/mol. The highest BCUT2D eigenvalue weighted by Crippen LogP contribution is 2.38. The van der Waals surface area contributed by atoms with Gasteiger partial charge in [0.1, 0.15) is 0 Å². The molecule has 0 radical (unpaired) electrons. The van der Waals surface area contributed by atoms with Crippen molar-refractivity contribution in [2.45, 2.75) is 32.0 Å². The zero-order chi connectivity index (χ0) is 28.3. The summed E-state index contributed by atoms with van der Waals surface area (Å²) in [6, 6.07) is 8.02. The van der Waals surface area contributed by atoms with Gasteiger partial charge in [-0.15, -0.1) is 11.3 Å². The van der Waals surface area contributed by atoms with Gasteiger partial charge in [-0.3, -0.25) is 9.59 Å². The number of carbonyl (C=O) groups excluding carboxylic acids is 3. The van der Waals surface area contributed by atoms with E-state index in [9.17, 15) is 27.6 Å². The van der Waals surface area contributed by atoms with E-state index in [2.05, 4.69) is 25.3 Å². The number of fused-ring (bicyclic) bond motifs is 1. The molecule has 0 fully saturated rings. The van der Waals surface area contributed by atoms with Crippen LogP contribution >= 0.6 is 22.9 Å². The quantitative estimate of drug-likeness (QED) is 0.362. The second kappa shape index (κ2) is 11.7. The number of halogens is 4. The zero-order valence-electron chi connectivity index (χ0n) is 20.9. The number of ether oxygens (including phenoxy) is 1. The van der Waals surface area contributed by atoms with Crippen LogP contribution in [0, 0.1) is 0 Å². The number of nitrogens with zero attached hydrogens (tertiary/aromatic N) is 2. The first-order valence-electron chi connectivity index (χ1n) is 11.8.